The summed E-state index contributed by atoms with van der Waals surface area (Å²) in [5.74, 6) is -1.72. The number of aromatic nitrogens is 3. The van der Waals surface area contributed by atoms with Crippen LogP contribution in [0.4, 0.5) is 17.8 Å². The molecule has 11 heteroatoms. The first-order chi connectivity index (χ1) is 8.45. The first-order valence-corrected chi connectivity index (χ1v) is 5.04. The fourth-order valence-corrected chi connectivity index (χ4v) is 1.05. The summed E-state index contributed by atoms with van der Waals surface area (Å²) in [5.41, 5.74) is 0. The molecule has 0 fully saturated rings. The van der Waals surface area contributed by atoms with Crippen LogP contribution in [0, 0.1) is 0 Å². The normalized spacial score (nSPS) is 10.3. The van der Waals surface area contributed by atoms with Crippen LogP contribution in [0.3, 0.4) is 0 Å². The first-order valence-electron chi connectivity index (χ1n) is 5.04. The second-order valence-corrected chi connectivity index (χ2v) is 3.29. The third-order valence-corrected chi connectivity index (χ3v) is 1.91. The summed E-state index contributed by atoms with van der Waals surface area (Å²) in [6.45, 7) is 2.09. The summed E-state index contributed by atoms with van der Waals surface area (Å²) < 4.78 is 0. The standard InChI is InChI=1S/C7H14N6O5/c1-2-3-4-11(14)5-8-6(12(15)16)10-7(9-5)13(17)18/h14-18H,2-4H2,1H3. The van der Waals surface area contributed by atoms with E-state index in [0.29, 0.717) is 11.5 Å². The smallest absolute Gasteiger partial charge is 0.284 e. The minimum atomic E-state index is -0.682. The van der Waals surface area contributed by atoms with Gasteiger partial charge in [-0.15, -0.1) is 0 Å². The van der Waals surface area contributed by atoms with Crippen LogP contribution in [-0.4, -0.2) is 47.5 Å². The summed E-state index contributed by atoms with van der Waals surface area (Å²) in [5, 5.41) is 44.4. The Morgan fingerprint density at radius 1 is 0.833 bits per heavy atom. The van der Waals surface area contributed by atoms with Crippen molar-refractivity contribution in [3.05, 3.63) is 0 Å². The van der Waals surface area contributed by atoms with Crippen LogP contribution in [0.1, 0.15) is 19.8 Å². The van der Waals surface area contributed by atoms with Gasteiger partial charge >= 0.3 is 0 Å². The molecule has 0 aliphatic heterocycles. The van der Waals surface area contributed by atoms with Crippen molar-refractivity contribution in [3.63, 3.8) is 0 Å². The summed E-state index contributed by atoms with van der Waals surface area (Å²) in [7, 11) is 0. The van der Waals surface area contributed by atoms with Crippen LogP contribution in [0.25, 0.3) is 0 Å². The molecule has 0 aliphatic rings. The molecule has 0 spiro atoms. The van der Waals surface area contributed by atoms with E-state index in [0.717, 1.165) is 6.42 Å². The maximum absolute atomic E-state index is 9.58. The molecule has 0 radical (unpaired) electrons. The molecule has 0 aromatic carbocycles. The highest BCUT2D eigenvalue weighted by Crippen LogP contribution is 2.15. The highest BCUT2D eigenvalue weighted by atomic mass is 16.8. The van der Waals surface area contributed by atoms with Crippen molar-refractivity contribution in [2.75, 3.05) is 22.1 Å². The number of nitrogens with zero attached hydrogens (tertiary/aromatic N) is 6. The first kappa shape index (κ1) is 14.3. The molecular weight excluding hydrogens is 248 g/mol. The molecule has 1 rings (SSSR count). The lowest BCUT2D eigenvalue weighted by Gasteiger charge is -2.17. The Morgan fingerprint density at radius 3 is 1.67 bits per heavy atom. The van der Waals surface area contributed by atoms with Crippen molar-refractivity contribution in [1.82, 2.24) is 15.0 Å². The zero-order chi connectivity index (χ0) is 13.7. The quantitative estimate of drug-likeness (QED) is 0.442. The number of unbranched alkanes of at least 4 members (excludes halogenated alkanes) is 1. The van der Waals surface area contributed by atoms with Gasteiger partial charge < -0.3 is 0 Å². The molecule has 11 nitrogen and oxygen atoms in total. The molecular formula is C7H14N6O5. The van der Waals surface area contributed by atoms with Gasteiger partial charge in [0, 0.05) is 6.54 Å². The van der Waals surface area contributed by atoms with E-state index in [4.69, 9.17) is 20.8 Å². The Labute approximate surface area is 102 Å². The van der Waals surface area contributed by atoms with Gasteiger partial charge in [-0.25, -0.2) is 5.06 Å². The lowest BCUT2D eigenvalue weighted by molar-refractivity contribution is 0.0177. The second-order valence-electron chi connectivity index (χ2n) is 3.29. The fourth-order valence-electron chi connectivity index (χ4n) is 1.05. The van der Waals surface area contributed by atoms with Gasteiger partial charge in [-0.1, -0.05) is 23.8 Å². The molecule has 0 bridgehead atoms. The van der Waals surface area contributed by atoms with Crippen LogP contribution in [0.15, 0.2) is 0 Å². The molecule has 18 heavy (non-hydrogen) atoms. The summed E-state index contributed by atoms with van der Waals surface area (Å²) in [6.07, 6.45) is 1.44. The minimum absolute atomic E-state index is 0.188. The largest absolute Gasteiger partial charge is 0.286 e. The number of anilines is 3. The van der Waals surface area contributed by atoms with Crippen LogP contribution >= 0.6 is 0 Å². The Kier molecular flexibility index (Phi) is 4.94. The molecule has 0 amide bonds. The molecule has 102 valence electrons. The molecule has 0 saturated carbocycles. The predicted octanol–water partition coefficient (Wildman–Crippen LogP) is 0.0369. The van der Waals surface area contributed by atoms with E-state index in [1.807, 2.05) is 6.92 Å². The Bertz CT molecular complexity index is 362. The van der Waals surface area contributed by atoms with Gasteiger partial charge in [0.05, 0.1) is 0 Å². The van der Waals surface area contributed by atoms with E-state index < -0.39 is 22.3 Å². The van der Waals surface area contributed by atoms with Crippen molar-refractivity contribution < 1.29 is 26.0 Å². The van der Waals surface area contributed by atoms with E-state index in [1.165, 1.54) is 0 Å². The van der Waals surface area contributed by atoms with Gasteiger partial charge in [0.2, 0.25) is 0 Å². The predicted molar refractivity (Wildman–Crippen MR) is 56.0 cm³/mol. The van der Waals surface area contributed by atoms with E-state index in [2.05, 4.69) is 15.0 Å². The number of hydrogen-bond acceptors (Lipinski definition) is 11. The second kappa shape index (κ2) is 6.23. The van der Waals surface area contributed by atoms with Gasteiger partial charge in [0.15, 0.2) is 0 Å². The zero-order valence-corrected chi connectivity index (χ0v) is 9.54. The van der Waals surface area contributed by atoms with Crippen molar-refractivity contribution in [1.29, 1.82) is 0 Å². The van der Waals surface area contributed by atoms with Crippen molar-refractivity contribution in [3.8, 4) is 0 Å². The fraction of sp³-hybridized carbons (Fsp3) is 0.571. The van der Waals surface area contributed by atoms with E-state index in [-0.39, 0.29) is 12.5 Å². The molecule has 1 aromatic heterocycles. The number of hydroxylamine groups is 1. The highest BCUT2D eigenvalue weighted by molar-refractivity contribution is 5.40. The zero-order valence-electron chi connectivity index (χ0n) is 9.54. The molecule has 1 aromatic rings. The molecule has 0 aliphatic carbocycles. The lowest BCUT2D eigenvalue weighted by Crippen LogP contribution is -2.26. The molecule has 5 N–H and O–H groups in total. The number of rotatable bonds is 6. The Balaban J connectivity index is 3.02. The van der Waals surface area contributed by atoms with E-state index in [9.17, 15) is 5.21 Å². The SMILES string of the molecule is CCCCN(O)c1nc(N(O)O)nc(N(O)O)n1. The summed E-state index contributed by atoms with van der Waals surface area (Å²) in [6, 6.07) is 0. The maximum Gasteiger partial charge on any atom is 0.284 e. The lowest BCUT2D eigenvalue weighted by atomic mass is 10.3. The maximum atomic E-state index is 9.58. The van der Waals surface area contributed by atoms with Gasteiger partial charge in [-0.2, -0.15) is 15.0 Å². The van der Waals surface area contributed by atoms with Crippen molar-refractivity contribution >= 4 is 17.8 Å². The van der Waals surface area contributed by atoms with Crippen LogP contribution in [0.2, 0.25) is 0 Å². The molecule has 0 saturated heterocycles. The van der Waals surface area contributed by atoms with E-state index in [1.54, 1.807) is 0 Å². The summed E-state index contributed by atoms with van der Waals surface area (Å²) in [4.78, 5) is 10.3. The van der Waals surface area contributed by atoms with Gasteiger partial charge in [0.1, 0.15) is 0 Å². The van der Waals surface area contributed by atoms with Crippen molar-refractivity contribution in [2.45, 2.75) is 19.8 Å². The average Bonchev–Trinajstić information content (AvgIpc) is 2.35. The monoisotopic (exact) mass is 262 g/mol. The van der Waals surface area contributed by atoms with Crippen LogP contribution < -0.4 is 15.5 Å². The van der Waals surface area contributed by atoms with Crippen LogP contribution in [0.5, 0.6) is 0 Å². The third kappa shape index (κ3) is 3.61. The topological polar surface area (TPSA) is 150 Å². The minimum Gasteiger partial charge on any atom is -0.286 e. The van der Waals surface area contributed by atoms with Gasteiger partial charge in [-0.05, 0) is 6.42 Å². The van der Waals surface area contributed by atoms with E-state index >= 15 is 0 Å². The third-order valence-electron chi connectivity index (χ3n) is 1.91. The van der Waals surface area contributed by atoms with Crippen LogP contribution in [-0.2, 0) is 0 Å². The Morgan fingerprint density at radius 2 is 1.28 bits per heavy atom. The van der Waals surface area contributed by atoms with Gasteiger partial charge in [-0.3, -0.25) is 26.0 Å². The Hall–Kier alpha value is -1.79. The van der Waals surface area contributed by atoms with Gasteiger partial charge in [0.25, 0.3) is 17.8 Å². The molecule has 0 unspecified atom stereocenters. The highest BCUT2D eigenvalue weighted by Gasteiger charge is 2.16. The molecule has 1 heterocycles. The summed E-state index contributed by atoms with van der Waals surface area (Å²) >= 11 is 0. The van der Waals surface area contributed by atoms with Crippen molar-refractivity contribution in [2.24, 2.45) is 0 Å². The molecule has 0 atom stereocenters. The number of hydrogen-bond donors (Lipinski definition) is 5. The average molecular weight is 262 g/mol.